The van der Waals surface area contributed by atoms with Crippen molar-refractivity contribution < 1.29 is 9.90 Å². The van der Waals surface area contributed by atoms with E-state index in [4.69, 9.17) is 0 Å². The molecule has 3 aromatic heterocycles. The molecule has 0 spiro atoms. The number of carbonyl (C=O) groups is 1. The lowest BCUT2D eigenvalue weighted by Gasteiger charge is -2.27. The van der Waals surface area contributed by atoms with E-state index in [2.05, 4.69) is 111 Å². The maximum absolute atomic E-state index is 15.9. The van der Waals surface area contributed by atoms with Crippen LogP contribution in [0.5, 0.6) is 0 Å². The molecule has 0 radical (unpaired) electrons. The summed E-state index contributed by atoms with van der Waals surface area (Å²) in [5, 5.41) is 12.6. The van der Waals surface area contributed by atoms with E-state index in [0.29, 0.717) is 18.3 Å². The molecule has 398 valence electrons. The van der Waals surface area contributed by atoms with E-state index in [1.807, 2.05) is 34.0 Å². The van der Waals surface area contributed by atoms with Gasteiger partial charge in [0.25, 0.3) is 5.91 Å². The second kappa shape index (κ2) is 27.0. The van der Waals surface area contributed by atoms with Gasteiger partial charge in [-0.15, -0.1) is 34.0 Å². The Kier molecular flexibility index (Phi) is 21.5. The average molecular weight is 1030 g/mol. The average Bonchev–Trinajstić information content (AvgIpc) is 4.14. The number of fused-ring (bicyclic) bond motifs is 7. The molecule has 72 heavy (non-hydrogen) atoms. The molecule has 1 amide bonds. The first-order valence-corrected chi connectivity index (χ1v) is 32.4. The van der Waals surface area contributed by atoms with Crippen LogP contribution in [-0.4, -0.2) is 22.0 Å². The van der Waals surface area contributed by atoms with Crippen LogP contribution < -0.4 is 0 Å². The molecule has 0 saturated carbocycles. The van der Waals surface area contributed by atoms with E-state index in [9.17, 15) is 5.11 Å². The summed E-state index contributed by atoms with van der Waals surface area (Å²) >= 11 is 5.77. The van der Waals surface area contributed by atoms with Gasteiger partial charge in [0.05, 0.1) is 22.3 Å². The maximum Gasteiger partial charge on any atom is 0.263 e. The van der Waals surface area contributed by atoms with Gasteiger partial charge in [0, 0.05) is 36.2 Å². The van der Waals surface area contributed by atoms with Crippen molar-refractivity contribution in [1.29, 1.82) is 0 Å². The van der Waals surface area contributed by atoms with E-state index >= 15 is 4.79 Å². The molecule has 4 aliphatic rings. The van der Waals surface area contributed by atoms with E-state index in [0.717, 1.165) is 42.5 Å². The molecule has 1 N–H and O–H groups in total. The van der Waals surface area contributed by atoms with Crippen LogP contribution in [0.25, 0.3) is 32.2 Å². The lowest BCUT2D eigenvalue weighted by Crippen LogP contribution is -2.24. The van der Waals surface area contributed by atoms with Crippen molar-refractivity contribution in [2.75, 3.05) is 0 Å². The fourth-order valence-corrected chi connectivity index (χ4v) is 16.1. The Morgan fingerprint density at radius 3 is 1.62 bits per heavy atom. The summed E-state index contributed by atoms with van der Waals surface area (Å²) in [4.78, 5) is 26.0. The summed E-state index contributed by atoms with van der Waals surface area (Å²) in [6, 6.07) is 9.73. The molecule has 3 nitrogen and oxygen atoms in total. The minimum atomic E-state index is -0.687. The van der Waals surface area contributed by atoms with E-state index in [-0.39, 0.29) is 22.7 Å². The molecule has 6 heteroatoms. The third-order valence-electron chi connectivity index (χ3n) is 16.8. The first kappa shape index (κ1) is 57.2. The first-order valence-electron chi connectivity index (χ1n) is 30.0. The minimum Gasteiger partial charge on any atom is -0.388 e. The number of aliphatic hydroxyl groups excluding tert-OH is 1. The molecular formula is C66H99NO2S3. The topological polar surface area (TPSA) is 40.5 Å². The highest BCUT2D eigenvalue weighted by Gasteiger charge is 2.47. The zero-order valence-electron chi connectivity index (χ0n) is 47.3. The van der Waals surface area contributed by atoms with Gasteiger partial charge in [0.2, 0.25) is 0 Å². The predicted molar refractivity (Wildman–Crippen MR) is 319 cm³/mol. The number of amides is 1. The van der Waals surface area contributed by atoms with Gasteiger partial charge in [-0.05, 0) is 113 Å². The summed E-state index contributed by atoms with van der Waals surface area (Å²) in [7, 11) is 0. The van der Waals surface area contributed by atoms with Crippen LogP contribution in [0.4, 0.5) is 0 Å². The molecule has 0 aromatic carbocycles. The number of hydrogen-bond donors (Lipinski definition) is 1. The zero-order chi connectivity index (χ0) is 51.4. The number of allylic oxidation sites excluding steroid dienone is 4. The van der Waals surface area contributed by atoms with Crippen LogP contribution >= 0.6 is 34.0 Å². The summed E-state index contributed by atoms with van der Waals surface area (Å²) < 4.78 is 0. The van der Waals surface area contributed by atoms with Crippen molar-refractivity contribution in [1.82, 2.24) is 4.90 Å². The first-order chi connectivity index (χ1) is 34.7. The highest BCUT2D eigenvalue weighted by molar-refractivity contribution is 7.23. The summed E-state index contributed by atoms with van der Waals surface area (Å²) in [6.45, 7) is 23.3. The highest BCUT2D eigenvalue weighted by atomic mass is 32.1. The Labute approximate surface area is 452 Å². The van der Waals surface area contributed by atoms with Crippen LogP contribution in [0.15, 0.2) is 47.7 Å². The Balaban J connectivity index is 1.33. The normalized spacial score (nSPS) is 18.9. The van der Waals surface area contributed by atoms with Crippen LogP contribution in [0, 0.1) is 17.8 Å². The number of aliphatic hydroxyl groups is 1. The van der Waals surface area contributed by atoms with Crippen molar-refractivity contribution in [3.05, 3.63) is 78.3 Å². The van der Waals surface area contributed by atoms with Crippen molar-refractivity contribution in [2.45, 2.75) is 272 Å². The summed E-state index contributed by atoms with van der Waals surface area (Å²) in [6.07, 6.45) is 40.4. The molecule has 0 saturated heterocycles. The van der Waals surface area contributed by atoms with Gasteiger partial charge in [-0.2, -0.15) is 0 Å². The monoisotopic (exact) mass is 1030 g/mol. The van der Waals surface area contributed by atoms with Gasteiger partial charge in [-0.1, -0.05) is 229 Å². The lowest BCUT2D eigenvalue weighted by molar-refractivity contribution is -0.121. The number of rotatable bonds is 29. The van der Waals surface area contributed by atoms with Gasteiger partial charge in [0.1, 0.15) is 0 Å². The number of thiophene rings is 3. The lowest BCUT2D eigenvalue weighted by atomic mass is 9.84. The van der Waals surface area contributed by atoms with Crippen LogP contribution in [-0.2, 0) is 15.6 Å². The Hall–Kier alpha value is -2.51. The molecule has 0 fully saturated rings. The van der Waals surface area contributed by atoms with Crippen molar-refractivity contribution in [2.24, 2.45) is 17.8 Å². The Morgan fingerprint density at radius 1 is 0.569 bits per heavy atom. The molecule has 7 rings (SSSR count). The van der Waals surface area contributed by atoms with Crippen molar-refractivity contribution >= 4 is 62.3 Å². The van der Waals surface area contributed by atoms with Gasteiger partial charge in [-0.25, -0.2) is 0 Å². The van der Waals surface area contributed by atoms with Gasteiger partial charge >= 0.3 is 0 Å². The van der Waals surface area contributed by atoms with Crippen molar-refractivity contribution in [3.8, 4) is 9.75 Å². The molecule has 2 aliphatic heterocycles. The smallest absolute Gasteiger partial charge is 0.263 e. The van der Waals surface area contributed by atoms with Crippen LogP contribution in [0.3, 0.4) is 0 Å². The molecule has 2 aliphatic carbocycles. The summed E-state index contributed by atoms with van der Waals surface area (Å²) in [5.41, 5.74) is 9.55. The Bertz CT molecular complexity index is 2340. The Morgan fingerprint density at radius 2 is 1.08 bits per heavy atom. The number of unbranched alkanes of at least 4 members (excludes halogenated alkanes) is 16. The number of carbonyl (C=O) groups excluding carboxylic acids is 1. The predicted octanol–water partition coefficient (Wildman–Crippen LogP) is 21.5. The number of nitrogens with zero attached hydrogens (tertiary/aromatic N) is 1. The minimum absolute atomic E-state index is 0.0263. The largest absolute Gasteiger partial charge is 0.388 e. The second-order valence-corrected chi connectivity index (χ2v) is 28.1. The zero-order valence-corrected chi connectivity index (χ0v) is 49.8. The number of hydrogen-bond acceptors (Lipinski definition) is 5. The van der Waals surface area contributed by atoms with E-state index in [1.54, 1.807) is 0 Å². The third-order valence-corrected chi connectivity index (χ3v) is 21.2. The molecule has 0 bridgehead atoms. The van der Waals surface area contributed by atoms with Crippen LogP contribution in [0.2, 0.25) is 0 Å². The molecule has 4 unspecified atom stereocenters. The molecule has 3 aromatic rings. The molecule has 4 atom stereocenters. The van der Waals surface area contributed by atoms with Crippen LogP contribution in [0.1, 0.15) is 286 Å². The SMILES string of the molecule is CCCCCCCCC(CCCCCC)CC1=CCC2CCC(O)C3=C4c5sc(C(C)(C)C)cc5C(CC(CCCCCC)CCCCCCCC)=CN4C(=O)C3=C2c2sc(-c3ccc(C(C)(C)C)s3)cc21. The molecular weight excluding hydrogens is 935 g/mol. The van der Waals surface area contributed by atoms with E-state index < -0.39 is 6.10 Å². The fraction of sp³-hybridized carbons (Fsp3) is 0.682. The quantitative estimate of drug-likeness (QED) is 0.0704. The van der Waals surface area contributed by atoms with Gasteiger partial charge < -0.3 is 5.11 Å². The molecule has 5 heterocycles. The summed E-state index contributed by atoms with van der Waals surface area (Å²) in [5.74, 6) is 1.54. The van der Waals surface area contributed by atoms with E-state index in [1.165, 1.54) is 211 Å². The maximum atomic E-state index is 15.9. The highest BCUT2D eigenvalue weighted by Crippen LogP contribution is 2.57. The van der Waals surface area contributed by atoms with Gasteiger partial charge in [-0.3, -0.25) is 9.69 Å². The van der Waals surface area contributed by atoms with Crippen molar-refractivity contribution in [3.63, 3.8) is 0 Å². The van der Waals surface area contributed by atoms with Gasteiger partial charge in [0.15, 0.2) is 0 Å². The fourth-order valence-electron chi connectivity index (χ4n) is 12.4. The standard InChI is InChI=1S/C66H99NO2S3/c1-11-15-19-23-25-29-33-46(31-27-21-17-13-3)41-49-36-35-48-37-38-53(68)59-60(58(48)62-51(49)43-55(71-62)54-39-40-56(70-54)65(5,6)7)64(69)67-45-50(52-44-57(66(8,9)10)72-63(52)61(59)67)42-47(32-28-22-18-14-4)34-30-26-24-20-16-12-2/h36,39-40,43-48,53,68H,11-35,37-38,41-42H2,1-10H3. The second-order valence-electron chi connectivity index (χ2n) is 25.0. The third kappa shape index (κ3) is 14.3.